The fourth-order valence-corrected chi connectivity index (χ4v) is 1.31. The molecule has 0 saturated heterocycles. The standard InChI is InChI=1S/C10H11ClO2/c1-7-2-8(4-9(12)3-7)5-10(13)6-11/h2-4,12H,5-6H2,1H3. The van der Waals surface area contributed by atoms with Crippen molar-refractivity contribution in [1.29, 1.82) is 0 Å². The van der Waals surface area contributed by atoms with Crippen LogP contribution < -0.4 is 0 Å². The highest BCUT2D eigenvalue weighted by Crippen LogP contribution is 2.15. The van der Waals surface area contributed by atoms with Crippen molar-refractivity contribution in [2.24, 2.45) is 0 Å². The molecule has 0 aliphatic rings. The number of hydrogen-bond donors (Lipinski definition) is 1. The molecular weight excluding hydrogens is 188 g/mol. The van der Waals surface area contributed by atoms with Gasteiger partial charge in [-0.15, -0.1) is 11.6 Å². The van der Waals surface area contributed by atoms with E-state index in [1.807, 2.05) is 13.0 Å². The Bertz CT molecular complexity index is 300. The molecule has 1 rings (SSSR count). The molecule has 13 heavy (non-hydrogen) atoms. The highest BCUT2D eigenvalue weighted by atomic mass is 35.5. The summed E-state index contributed by atoms with van der Waals surface area (Å²) in [6, 6.07) is 5.09. The van der Waals surface area contributed by atoms with Gasteiger partial charge in [-0.2, -0.15) is 0 Å². The maximum atomic E-state index is 11.0. The molecule has 1 aromatic rings. The SMILES string of the molecule is Cc1cc(O)cc(CC(=O)CCl)c1. The second-order valence-electron chi connectivity index (χ2n) is 3.03. The first-order chi connectivity index (χ1) is 6.11. The fourth-order valence-electron chi connectivity index (χ4n) is 1.22. The van der Waals surface area contributed by atoms with Gasteiger partial charge in [0.2, 0.25) is 0 Å². The van der Waals surface area contributed by atoms with Crippen LogP contribution in [0.5, 0.6) is 5.75 Å². The Balaban J connectivity index is 2.83. The van der Waals surface area contributed by atoms with Crippen LogP contribution >= 0.6 is 11.6 Å². The van der Waals surface area contributed by atoms with Gasteiger partial charge in [-0.3, -0.25) is 4.79 Å². The number of aryl methyl sites for hydroxylation is 1. The van der Waals surface area contributed by atoms with Crippen molar-refractivity contribution in [3.05, 3.63) is 29.3 Å². The molecule has 0 heterocycles. The number of phenols is 1. The molecule has 0 bridgehead atoms. The van der Waals surface area contributed by atoms with Crippen LogP contribution in [0.25, 0.3) is 0 Å². The zero-order valence-corrected chi connectivity index (χ0v) is 8.14. The van der Waals surface area contributed by atoms with Gasteiger partial charge in [-0.1, -0.05) is 6.07 Å². The van der Waals surface area contributed by atoms with E-state index in [0.717, 1.165) is 11.1 Å². The third-order valence-corrected chi connectivity index (χ3v) is 1.97. The van der Waals surface area contributed by atoms with E-state index in [-0.39, 0.29) is 17.4 Å². The van der Waals surface area contributed by atoms with Crippen LogP contribution in [0.1, 0.15) is 11.1 Å². The first-order valence-corrected chi connectivity index (χ1v) is 4.52. The van der Waals surface area contributed by atoms with Gasteiger partial charge < -0.3 is 5.11 Å². The summed E-state index contributed by atoms with van der Waals surface area (Å²) in [4.78, 5) is 11.0. The highest BCUT2D eigenvalue weighted by molar-refractivity contribution is 6.27. The molecule has 0 unspecified atom stereocenters. The van der Waals surface area contributed by atoms with Crippen molar-refractivity contribution < 1.29 is 9.90 Å². The summed E-state index contributed by atoms with van der Waals surface area (Å²) >= 11 is 5.37. The predicted molar refractivity (Wildman–Crippen MR) is 52.3 cm³/mol. The lowest BCUT2D eigenvalue weighted by Gasteiger charge is -2.01. The number of aromatic hydroxyl groups is 1. The van der Waals surface area contributed by atoms with Crippen LogP contribution in [-0.2, 0) is 11.2 Å². The molecule has 0 atom stereocenters. The van der Waals surface area contributed by atoms with E-state index in [1.165, 1.54) is 0 Å². The molecule has 0 amide bonds. The molecule has 2 nitrogen and oxygen atoms in total. The summed E-state index contributed by atoms with van der Waals surface area (Å²) in [6.45, 7) is 1.87. The van der Waals surface area contributed by atoms with E-state index < -0.39 is 0 Å². The number of benzene rings is 1. The minimum Gasteiger partial charge on any atom is -0.508 e. The van der Waals surface area contributed by atoms with Crippen molar-refractivity contribution in [2.45, 2.75) is 13.3 Å². The van der Waals surface area contributed by atoms with Crippen molar-refractivity contribution in [3.8, 4) is 5.75 Å². The third kappa shape index (κ3) is 3.07. The number of rotatable bonds is 3. The van der Waals surface area contributed by atoms with Crippen molar-refractivity contribution in [1.82, 2.24) is 0 Å². The lowest BCUT2D eigenvalue weighted by Crippen LogP contribution is -2.03. The first kappa shape index (κ1) is 10.1. The minimum atomic E-state index is -0.0355. The van der Waals surface area contributed by atoms with E-state index >= 15 is 0 Å². The Hall–Kier alpha value is -1.02. The zero-order chi connectivity index (χ0) is 9.84. The Morgan fingerprint density at radius 1 is 1.46 bits per heavy atom. The molecule has 1 N–H and O–H groups in total. The number of carbonyl (C=O) groups excluding carboxylic acids is 1. The smallest absolute Gasteiger partial charge is 0.151 e. The molecule has 1 aromatic carbocycles. The largest absolute Gasteiger partial charge is 0.508 e. The highest BCUT2D eigenvalue weighted by Gasteiger charge is 2.03. The van der Waals surface area contributed by atoms with Gasteiger partial charge in [-0.25, -0.2) is 0 Å². The maximum absolute atomic E-state index is 11.0. The van der Waals surface area contributed by atoms with Crippen molar-refractivity contribution in [2.75, 3.05) is 5.88 Å². The van der Waals surface area contributed by atoms with Crippen LogP contribution in [0.4, 0.5) is 0 Å². The van der Waals surface area contributed by atoms with E-state index in [2.05, 4.69) is 0 Å². The normalized spacial score (nSPS) is 10.0. The lowest BCUT2D eigenvalue weighted by atomic mass is 10.1. The average Bonchev–Trinajstić information content (AvgIpc) is 2.02. The van der Waals surface area contributed by atoms with Crippen molar-refractivity contribution >= 4 is 17.4 Å². The number of hydrogen-bond acceptors (Lipinski definition) is 2. The zero-order valence-electron chi connectivity index (χ0n) is 7.38. The Morgan fingerprint density at radius 3 is 2.69 bits per heavy atom. The Kier molecular flexibility index (Phi) is 3.32. The van der Waals surface area contributed by atoms with E-state index in [1.54, 1.807) is 12.1 Å². The topological polar surface area (TPSA) is 37.3 Å². The summed E-state index contributed by atoms with van der Waals surface area (Å²) in [5.74, 6) is 0.179. The molecule has 0 saturated carbocycles. The predicted octanol–water partition coefficient (Wildman–Crippen LogP) is 2.05. The number of phenolic OH excluding ortho intramolecular Hbond substituents is 1. The monoisotopic (exact) mass is 198 g/mol. The number of ketones is 1. The third-order valence-electron chi connectivity index (χ3n) is 1.67. The average molecular weight is 199 g/mol. The summed E-state index contributed by atoms with van der Waals surface area (Å²) in [7, 11) is 0. The van der Waals surface area contributed by atoms with Gasteiger partial charge in [0.25, 0.3) is 0 Å². The second kappa shape index (κ2) is 4.28. The second-order valence-corrected chi connectivity index (χ2v) is 3.29. The molecule has 3 heteroatoms. The lowest BCUT2D eigenvalue weighted by molar-refractivity contribution is -0.116. The molecule has 0 aromatic heterocycles. The van der Waals surface area contributed by atoms with Gasteiger partial charge in [0, 0.05) is 6.42 Å². The van der Waals surface area contributed by atoms with Crippen LogP contribution in [0.2, 0.25) is 0 Å². The van der Waals surface area contributed by atoms with Crippen molar-refractivity contribution in [3.63, 3.8) is 0 Å². The number of alkyl halides is 1. The maximum Gasteiger partial charge on any atom is 0.151 e. The van der Waals surface area contributed by atoms with E-state index in [9.17, 15) is 9.90 Å². The molecule has 0 spiro atoms. The first-order valence-electron chi connectivity index (χ1n) is 3.99. The Labute approximate surface area is 82.2 Å². The van der Waals surface area contributed by atoms with Gasteiger partial charge in [-0.05, 0) is 30.2 Å². The van der Waals surface area contributed by atoms with Gasteiger partial charge in [0.15, 0.2) is 5.78 Å². The molecule has 70 valence electrons. The molecular formula is C10H11ClO2. The summed E-state index contributed by atoms with van der Waals surface area (Å²) in [5, 5.41) is 9.24. The molecule has 0 aliphatic heterocycles. The Morgan fingerprint density at radius 2 is 2.15 bits per heavy atom. The summed E-state index contributed by atoms with van der Waals surface area (Å²) in [5.41, 5.74) is 1.75. The number of halogens is 1. The van der Waals surface area contributed by atoms with E-state index in [0.29, 0.717) is 6.42 Å². The fraction of sp³-hybridized carbons (Fsp3) is 0.300. The quantitative estimate of drug-likeness (QED) is 0.755. The van der Waals surface area contributed by atoms with Crippen LogP contribution in [0, 0.1) is 6.92 Å². The van der Waals surface area contributed by atoms with Gasteiger partial charge >= 0.3 is 0 Å². The van der Waals surface area contributed by atoms with Crippen LogP contribution in [0.3, 0.4) is 0 Å². The number of carbonyl (C=O) groups is 1. The van der Waals surface area contributed by atoms with Gasteiger partial charge in [0.05, 0.1) is 5.88 Å². The van der Waals surface area contributed by atoms with Crippen LogP contribution in [-0.4, -0.2) is 16.8 Å². The molecule has 0 fully saturated rings. The number of Topliss-reactive ketones (excluding diaryl/α,β-unsaturated/α-hetero) is 1. The summed E-state index contributed by atoms with van der Waals surface area (Å²) in [6.07, 6.45) is 0.290. The van der Waals surface area contributed by atoms with Crippen LogP contribution in [0.15, 0.2) is 18.2 Å². The van der Waals surface area contributed by atoms with E-state index in [4.69, 9.17) is 11.6 Å². The summed E-state index contributed by atoms with van der Waals surface area (Å²) < 4.78 is 0. The van der Waals surface area contributed by atoms with Gasteiger partial charge in [0.1, 0.15) is 5.75 Å². The molecule has 0 aliphatic carbocycles. The minimum absolute atomic E-state index is 0.0225. The molecule has 0 radical (unpaired) electrons.